The van der Waals surface area contributed by atoms with Crippen LogP contribution in [0.5, 0.6) is 0 Å². The maximum absolute atomic E-state index is 4.65. The minimum atomic E-state index is -0.0415. The Balaban J connectivity index is 2.06. The highest BCUT2D eigenvalue weighted by atomic mass is 15.3. The van der Waals surface area contributed by atoms with E-state index < -0.39 is 0 Å². The van der Waals surface area contributed by atoms with E-state index >= 15 is 0 Å². The summed E-state index contributed by atoms with van der Waals surface area (Å²) in [4.78, 5) is 4.65. The van der Waals surface area contributed by atoms with Gasteiger partial charge in [0.15, 0.2) is 0 Å². The molecule has 0 amide bonds. The maximum Gasteiger partial charge on any atom is 0.205 e. The lowest BCUT2D eigenvalue weighted by Crippen LogP contribution is -2.37. The van der Waals surface area contributed by atoms with Crippen molar-refractivity contribution in [1.29, 1.82) is 0 Å². The number of nitrogens with one attached hydrogen (secondary N) is 1. The first-order valence-corrected chi connectivity index (χ1v) is 5.89. The highest BCUT2D eigenvalue weighted by Crippen LogP contribution is 2.40. The molecule has 0 spiro atoms. The highest BCUT2D eigenvalue weighted by Gasteiger charge is 2.42. The molecule has 2 aliphatic rings. The number of aromatic nitrogens is 2. The van der Waals surface area contributed by atoms with Crippen LogP contribution >= 0.6 is 0 Å². The molecule has 2 unspecified atom stereocenters. The van der Waals surface area contributed by atoms with Crippen LogP contribution in [0.15, 0.2) is 48.6 Å². The second-order valence-corrected chi connectivity index (χ2v) is 4.85. The molecule has 0 fully saturated rings. The number of anilines is 1. The Morgan fingerprint density at radius 2 is 2.18 bits per heavy atom. The topological polar surface area (TPSA) is 29.9 Å². The van der Waals surface area contributed by atoms with Gasteiger partial charge in [-0.25, -0.2) is 4.98 Å². The van der Waals surface area contributed by atoms with Gasteiger partial charge in [-0.05, 0) is 19.1 Å². The van der Waals surface area contributed by atoms with Gasteiger partial charge in [0, 0.05) is 0 Å². The van der Waals surface area contributed by atoms with Gasteiger partial charge in [-0.1, -0.05) is 36.4 Å². The number of fused-ring (bicyclic) bond motifs is 5. The van der Waals surface area contributed by atoms with Crippen LogP contribution in [0.4, 0.5) is 5.95 Å². The van der Waals surface area contributed by atoms with Gasteiger partial charge in [0.1, 0.15) is 0 Å². The Bertz CT molecular complexity index is 665. The Labute approximate surface area is 99.5 Å². The number of benzene rings is 1. The van der Waals surface area contributed by atoms with E-state index in [2.05, 4.69) is 64.3 Å². The lowest BCUT2D eigenvalue weighted by atomic mass is 9.89. The zero-order valence-corrected chi connectivity index (χ0v) is 9.59. The molecule has 1 aromatic heterocycles. The van der Waals surface area contributed by atoms with Crippen molar-refractivity contribution in [3.63, 3.8) is 0 Å². The fraction of sp³-hybridized carbons (Fsp3) is 0.214. The lowest BCUT2D eigenvalue weighted by Gasteiger charge is -2.30. The van der Waals surface area contributed by atoms with E-state index in [-0.39, 0.29) is 5.54 Å². The molecule has 1 aliphatic heterocycles. The van der Waals surface area contributed by atoms with E-state index in [0.29, 0.717) is 6.04 Å². The third kappa shape index (κ3) is 0.990. The van der Waals surface area contributed by atoms with Gasteiger partial charge >= 0.3 is 0 Å². The van der Waals surface area contributed by atoms with Gasteiger partial charge in [-0.3, -0.25) is 4.57 Å². The molecule has 0 bridgehead atoms. The van der Waals surface area contributed by atoms with Crippen molar-refractivity contribution in [2.75, 3.05) is 5.32 Å². The summed E-state index contributed by atoms with van der Waals surface area (Å²) in [6.45, 7) is 2.25. The molecule has 1 N–H and O–H groups in total. The van der Waals surface area contributed by atoms with Crippen LogP contribution in [0.1, 0.15) is 6.92 Å². The van der Waals surface area contributed by atoms with Gasteiger partial charge in [0.2, 0.25) is 5.95 Å². The van der Waals surface area contributed by atoms with Crippen molar-refractivity contribution in [3.8, 4) is 0 Å². The van der Waals surface area contributed by atoms with Crippen LogP contribution in [0.3, 0.4) is 0 Å². The highest BCUT2D eigenvalue weighted by molar-refractivity contribution is 5.80. The summed E-state index contributed by atoms with van der Waals surface area (Å²) in [5, 5.41) is 3.48. The van der Waals surface area contributed by atoms with Crippen LogP contribution in [0.25, 0.3) is 11.0 Å². The fourth-order valence-corrected chi connectivity index (χ4v) is 2.88. The molecule has 2 atom stereocenters. The van der Waals surface area contributed by atoms with E-state index in [4.69, 9.17) is 0 Å². The normalized spacial score (nSPS) is 29.1. The number of hydrogen-bond donors (Lipinski definition) is 1. The average Bonchev–Trinajstić information content (AvgIpc) is 2.82. The van der Waals surface area contributed by atoms with Crippen molar-refractivity contribution >= 4 is 17.0 Å². The van der Waals surface area contributed by atoms with E-state index in [1.54, 1.807) is 0 Å². The number of hydrogen-bond acceptors (Lipinski definition) is 2. The van der Waals surface area contributed by atoms with E-state index in [9.17, 15) is 0 Å². The maximum atomic E-state index is 4.65. The number of rotatable bonds is 0. The third-order valence-electron chi connectivity index (χ3n) is 3.81. The molecule has 2 aromatic rings. The summed E-state index contributed by atoms with van der Waals surface area (Å²) in [7, 11) is 0. The summed E-state index contributed by atoms with van der Waals surface area (Å²) >= 11 is 0. The second kappa shape index (κ2) is 2.80. The van der Waals surface area contributed by atoms with Gasteiger partial charge in [-0.15, -0.1) is 0 Å². The zero-order valence-electron chi connectivity index (χ0n) is 9.59. The monoisotopic (exact) mass is 223 g/mol. The molecular formula is C14H13N3. The first kappa shape index (κ1) is 9.05. The van der Waals surface area contributed by atoms with Crippen LogP contribution in [0.2, 0.25) is 0 Å². The molecule has 1 aromatic carbocycles. The molecule has 3 nitrogen and oxygen atoms in total. The summed E-state index contributed by atoms with van der Waals surface area (Å²) in [6, 6.07) is 8.59. The molecule has 0 saturated carbocycles. The molecule has 2 heterocycles. The smallest absolute Gasteiger partial charge is 0.205 e. The summed E-state index contributed by atoms with van der Waals surface area (Å²) in [6.07, 6.45) is 8.65. The summed E-state index contributed by atoms with van der Waals surface area (Å²) in [5.41, 5.74) is 2.21. The number of para-hydroxylation sites is 2. The minimum absolute atomic E-state index is 0.0415. The largest absolute Gasteiger partial charge is 0.347 e. The predicted octanol–water partition coefficient (Wildman–Crippen LogP) is 2.67. The van der Waals surface area contributed by atoms with Crippen LogP contribution < -0.4 is 5.32 Å². The molecule has 4 rings (SSSR count). The molecule has 84 valence electrons. The van der Waals surface area contributed by atoms with E-state index in [0.717, 1.165) is 11.5 Å². The molecule has 0 saturated heterocycles. The Morgan fingerprint density at radius 1 is 1.29 bits per heavy atom. The van der Waals surface area contributed by atoms with E-state index in [1.807, 2.05) is 6.07 Å². The van der Waals surface area contributed by atoms with Crippen LogP contribution in [-0.2, 0) is 5.54 Å². The fourth-order valence-electron chi connectivity index (χ4n) is 2.88. The Kier molecular flexibility index (Phi) is 1.49. The van der Waals surface area contributed by atoms with Crippen molar-refractivity contribution in [2.24, 2.45) is 0 Å². The minimum Gasteiger partial charge on any atom is -0.347 e. The van der Waals surface area contributed by atoms with Gasteiger partial charge in [0.05, 0.1) is 22.6 Å². The molecule has 1 aliphatic carbocycles. The lowest BCUT2D eigenvalue weighted by molar-refractivity contribution is 0.436. The van der Waals surface area contributed by atoms with Crippen molar-refractivity contribution in [2.45, 2.75) is 18.5 Å². The number of imidazole rings is 1. The third-order valence-corrected chi connectivity index (χ3v) is 3.81. The standard InChI is InChI=1S/C14H13N3/c1-14-9-5-4-8-12(14)16-13-15-10-6-2-3-7-11(10)17(13)14/h2-9,12H,1H3,(H,15,16). The molecular weight excluding hydrogens is 210 g/mol. The van der Waals surface area contributed by atoms with Crippen LogP contribution in [-0.4, -0.2) is 15.6 Å². The number of allylic oxidation sites excluding steroid dienone is 2. The van der Waals surface area contributed by atoms with Gasteiger partial charge < -0.3 is 5.32 Å². The van der Waals surface area contributed by atoms with Gasteiger partial charge in [0.25, 0.3) is 0 Å². The predicted molar refractivity (Wildman–Crippen MR) is 69.1 cm³/mol. The quantitative estimate of drug-likeness (QED) is 0.744. The van der Waals surface area contributed by atoms with Crippen LogP contribution in [0, 0.1) is 0 Å². The molecule has 3 heteroatoms. The van der Waals surface area contributed by atoms with Crippen molar-refractivity contribution < 1.29 is 0 Å². The number of nitrogens with zero attached hydrogens (tertiary/aromatic N) is 2. The average molecular weight is 223 g/mol. The molecule has 0 radical (unpaired) electrons. The molecule has 17 heavy (non-hydrogen) atoms. The van der Waals surface area contributed by atoms with Gasteiger partial charge in [-0.2, -0.15) is 0 Å². The Hall–Kier alpha value is -2.03. The van der Waals surface area contributed by atoms with Crippen molar-refractivity contribution in [3.05, 3.63) is 48.6 Å². The first-order valence-electron chi connectivity index (χ1n) is 5.89. The van der Waals surface area contributed by atoms with E-state index in [1.165, 1.54) is 5.52 Å². The summed E-state index contributed by atoms with van der Waals surface area (Å²) in [5.74, 6) is 0.968. The first-order chi connectivity index (χ1) is 8.29. The Morgan fingerprint density at radius 3 is 3.12 bits per heavy atom. The van der Waals surface area contributed by atoms with Crippen molar-refractivity contribution in [1.82, 2.24) is 9.55 Å². The summed E-state index contributed by atoms with van der Waals surface area (Å²) < 4.78 is 2.30. The second-order valence-electron chi connectivity index (χ2n) is 4.85. The zero-order chi connectivity index (χ0) is 11.5. The SMILES string of the molecule is CC12C=CC=CC1Nc1nc3ccccc3n12.